The fourth-order valence-corrected chi connectivity index (χ4v) is 3.19. The van der Waals surface area contributed by atoms with E-state index >= 15 is 0 Å². The normalized spacial score (nSPS) is 15.0. The largest absolute Gasteiger partial charge is 0.493 e. The number of rotatable bonds is 5. The fourth-order valence-electron chi connectivity index (χ4n) is 3.19. The molecule has 158 valence electrons. The number of nitrogens with zero attached hydrogens (tertiary/aromatic N) is 1. The van der Waals surface area contributed by atoms with E-state index in [0.717, 1.165) is 5.69 Å². The predicted molar refractivity (Wildman–Crippen MR) is 112 cm³/mol. The Morgan fingerprint density at radius 1 is 1.07 bits per heavy atom. The van der Waals surface area contributed by atoms with Crippen LogP contribution in [-0.2, 0) is 9.53 Å². The van der Waals surface area contributed by atoms with Gasteiger partial charge in [0.15, 0.2) is 11.5 Å². The van der Waals surface area contributed by atoms with Crippen molar-refractivity contribution in [2.24, 2.45) is 0 Å². The predicted octanol–water partition coefficient (Wildman–Crippen LogP) is 2.52. The summed E-state index contributed by atoms with van der Waals surface area (Å²) in [5.41, 5.74) is 2.11. The number of methoxy groups -OCH3 is 3. The highest BCUT2D eigenvalue weighted by atomic mass is 16.5. The quantitative estimate of drug-likeness (QED) is 0.726. The van der Waals surface area contributed by atoms with Crippen LogP contribution in [0.15, 0.2) is 30.3 Å². The van der Waals surface area contributed by atoms with Crippen LogP contribution in [-0.4, -0.2) is 52.2 Å². The van der Waals surface area contributed by atoms with Crippen LogP contribution >= 0.6 is 0 Å². The van der Waals surface area contributed by atoms with Gasteiger partial charge in [0.2, 0.25) is 5.91 Å². The van der Waals surface area contributed by atoms with E-state index in [2.05, 4.69) is 10.6 Å². The third kappa shape index (κ3) is 3.73. The molecular weight excluding hydrogens is 390 g/mol. The molecule has 9 heteroatoms. The third-order valence-corrected chi connectivity index (χ3v) is 5.01. The summed E-state index contributed by atoms with van der Waals surface area (Å²) in [4.78, 5) is 38.8. The Balaban J connectivity index is 1.95. The lowest BCUT2D eigenvalue weighted by molar-refractivity contribution is -0.117. The highest BCUT2D eigenvalue weighted by Crippen LogP contribution is 2.37. The molecular formula is C21H23N3O6. The Kier molecular flexibility index (Phi) is 5.81. The van der Waals surface area contributed by atoms with Gasteiger partial charge in [0, 0.05) is 12.6 Å². The highest BCUT2D eigenvalue weighted by molar-refractivity contribution is 6.09. The number of esters is 1. The molecule has 2 N–H and O–H groups in total. The number of nitrogens with one attached hydrogen (secondary N) is 2. The molecule has 0 saturated carbocycles. The number of ether oxygens (including phenoxy) is 3. The van der Waals surface area contributed by atoms with Crippen molar-refractivity contribution in [1.29, 1.82) is 0 Å². The van der Waals surface area contributed by atoms with Crippen LogP contribution in [0, 0.1) is 0 Å². The van der Waals surface area contributed by atoms with Gasteiger partial charge < -0.3 is 29.7 Å². The minimum atomic E-state index is -0.583. The molecule has 0 bridgehead atoms. The summed E-state index contributed by atoms with van der Waals surface area (Å²) < 4.78 is 15.4. The Morgan fingerprint density at radius 3 is 2.43 bits per heavy atom. The number of amides is 2. The summed E-state index contributed by atoms with van der Waals surface area (Å²) in [6, 6.07) is 7.62. The molecule has 0 aromatic heterocycles. The van der Waals surface area contributed by atoms with Crippen LogP contribution < -0.4 is 25.0 Å². The second-order valence-electron chi connectivity index (χ2n) is 6.71. The summed E-state index contributed by atoms with van der Waals surface area (Å²) in [6.45, 7) is 1.80. The average Bonchev–Trinajstić information content (AvgIpc) is 2.75. The Hall–Kier alpha value is -3.75. The molecule has 0 spiro atoms. The maximum absolute atomic E-state index is 12.9. The molecule has 1 heterocycles. The van der Waals surface area contributed by atoms with Gasteiger partial charge in [0.05, 0.1) is 44.0 Å². The summed E-state index contributed by atoms with van der Waals surface area (Å²) in [7, 11) is 5.93. The van der Waals surface area contributed by atoms with Crippen LogP contribution in [0.2, 0.25) is 0 Å². The summed E-state index contributed by atoms with van der Waals surface area (Å²) in [5, 5.41) is 5.54. The molecule has 30 heavy (non-hydrogen) atoms. The molecule has 2 aromatic rings. The smallest absolute Gasteiger partial charge is 0.338 e. The molecule has 1 atom stereocenters. The van der Waals surface area contributed by atoms with Gasteiger partial charge in [-0.2, -0.15) is 0 Å². The number of carbonyl (C=O) groups is 3. The van der Waals surface area contributed by atoms with Crippen molar-refractivity contribution in [3.8, 4) is 11.5 Å². The molecule has 1 aliphatic rings. The van der Waals surface area contributed by atoms with Crippen molar-refractivity contribution >= 4 is 34.8 Å². The Bertz CT molecular complexity index is 1020. The molecule has 3 rings (SSSR count). The van der Waals surface area contributed by atoms with Crippen molar-refractivity contribution < 1.29 is 28.6 Å². The average molecular weight is 413 g/mol. The van der Waals surface area contributed by atoms with E-state index in [1.54, 1.807) is 25.1 Å². The van der Waals surface area contributed by atoms with Gasteiger partial charge in [-0.05, 0) is 37.3 Å². The first-order chi connectivity index (χ1) is 14.3. The molecule has 0 radical (unpaired) electrons. The highest BCUT2D eigenvalue weighted by Gasteiger charge is 2.27. The lowest BCUT2D eigenvalue weighted by Crippen LogP contribution is -2.43. The topological polar surface area (TPSA) is 106 Å². The van der Waals surface area contributed by atoms with Gasteiger partial charge in [-0.15, -0.1) is 0 Å². The van der Waals surface area contributed by atoms with Gasteiger partial charge in [-0.1, -0.05) is 0 Å². The minimum absolute atomic E-state index is 0.153. The van der Waals surface area contributed by atoms with Crippen molar-refractivity contribution in [3.63, 3.8) is 0 Å². The van der Waals surface area contributed by atoms with Crippen molar-refractivity contribution in [1.82, 2.24) is 0 Å². The van der Waals surface area contributed by atoms with E-state index in [-0.39, 0.29) is 34.7 Å². The molecule has 1 unspecified atom stereocenters. The molecule has 2 amide bonds. The van der Waals surface area contributed by atoms with Crippen LogP contribution in [0.4, 0.5) is 17.1 Å². The molecule has 0 fully saturated rings. The van der Waals surface area contributed by atoms with Gasteiger partial charge in [-0.3, -0.25) is 9.59 Å². The molecule has 0 aliphatic carbocycles. The van der Waals surface area contributed by atoms with E-state index in [0.29, 0.717) is 11.3 Å². The Labute approximate surface area is 173 Å². The number of likely N-dealkylation sites (N-methyl/N-ethyl adjacent to an activating group) is 1. The van der Waals surface area contributed by atoms with Gasteiger partial charge in [-0.25, -0.2) is 4.79 Å². The molecule has 0 saturated heterocycles. The number of fused-ring (bicyclic) bond motifs is 1. The van der Waals surface area contributed by atoms with Crippen LogP contribution in [0.5, 0.6) is 11.5 Å². The first-order valence-electron chi connectivity index (χ1n) is 9.14. The number of carbonyl (C=O) groups excluding carboxylic acids is 3. The Morgan fingerprint density at radius 2 is 1.80 bits per heavy atom. The van der Waals surface area contributed by atoms with Gasteiger partial charge in [0.25, 0.3) is 5.91 Å². The lowest BCUT2D eigenvalue weighted by atomic mass is 10.1. The number of hydrogen-bond donors (Lipinski definition) is 2. The number of hydrogen-bond acceptors (Lipinski definition) is 7. The molecule has 1 aliphatic heterocycles. The summed E-state index contributed by atoms with van der Waals surface area (Å²) in [5.74, 6) is -0.655. The van der Waals surface area contributed by atoms with Crippen molar-refractivity contribution in [2.45, 2.75) is 13.0 Å². The molecule has 2 aromatic carbocycles. The second kappa shape index (κ2) is 8.32. The second-order valence-corrected chi connectivity index (χ2v) is 6.71. The number of benzene rings is 2. The summed E-state index contributed by atoms with van der Waals surface area (Å²) in [6.07, 6.45) is 0. The van der Waals surface area contributed by atoms with Crippen LogP contribution in [0.3, 0.4) is 0 Å². The minimum Gasteiger partial charge on any atom is -0.493 e. The van der Waals surface area contributed by atoms with E-state index in [4.69, 9.17) is 14.2 Å². The maximum atomic E-state index is 12.9. The zero-order chi connectivity index (χ0) is 22.0. The van der Waals surface area contributed by atoms with E-state index in [1.807, 2.05) is 11.9 Å². The van der Waals surface area contributed by atoms with E-state index < -0.39 is 11.9 Å². The van der Waals surface area contributed by atoms with Gasteiger partial charge >= 0.3 is 5.97 Å². The zero-order valence-corrected chi connectivity index (χ0v) is 17.4. The van der Waals surface area contributed by atoms with E-state index in [1.165, 1.54) is 33.5 Å². The zero-order valence-electron chi connectivity index (χ0n) is 17.4. The van der Waals surface area contributed by atoms with Crippen molar-refractivity contribution in [3.05, 3.63) is 41.5 Å². The standard InChI is InChI=1S/C21H23N3O6/c1-11-19(25)22-14-8-12(6-7-16(14)24(11)2)20(26)23-15-9-13(21(27)30-5)10-17(28-3)18(15)29-4/h6-11H,1-5H3,(H,22,25)(H,23,26). The first-order valence-corrected chi connectivity index (χ1v) is 9.14. The fraction of sp³-hybridized carbons (Fsp3) is 0.286. The molecule has 9 nitrogen and oxygen atoms in total. The monoisotopic (exact) mass is 413 g/mol. The first kappa shape index (κ1) is 21.0. The van der Waals surface area contributed by atoms with Crippen LogP contribution in [0.25, 0.3) is 0 Å². The summed E-state index contributed by atoms with van der Waals surface area (Å²) >= 11 is 0. The van der Waals surface area contributed by atoms with E-state index in [9.17, 15) is 14.4 Å². The number of anilines is 3. The van der Waals surface area contributed by atoms with Crippen LogP contribution in [0.1, 0.15) is 27.6 Å². The lowest BCUT2D eigenvalue weighted by Gasteiger charge is -2.33. The third-order valence-electron chi connectivity index (χ3n) is 5.01. The van der Waals surface area contributed by atoms with Crippen molar-refractivity contribution in [2.75, 3.05) is 43.9 Å². The van der Waals surface area contributed by atoms with Gasteiger partial charge in [0.1, 0.15) is 6.04 Å². The SMILES string of the molecule is COC(=O)c1cc(NC(=O)c2ccc3c(c2)NC(=O)C(C)N3C)c(OC)c(OC)c1. The maximum Gasteiger partial charge on any atom is 0.338 e.